The van der Waals surface area contributed by atoms with Crippen LogP contribution in [0.3, 0.4) is 0 Å². The van der Waals surface area contributed by atoms with E-state index in [1.807, 2.05) is 0 Å². The minimum Gasteiger partial charge on any atom is -0.447 e. The molecule has 13 heteroatoms. The van der Waals surface area contributed by atoms with Gasteiger partial charge in [0, 0.05) is 52.2 Å². The Bertz CT molecular complexity index is 1680. The molecule has 0 radical (unpaired) electrons. The Hall–Kier alpha value is -4.33. The van der Waals surface area contributed by atoms with Gasteiger partial charge in [-0.1, -0.05) is 12.1 Å². The number of carbonyl (C=O) groups excluding carboxylic acids is 2. The van der Waals surface area contributed by atoms with Crippen LogP contribution in [0.4, 0.5) is 21.0 Å². The zero-order chi connectivity index (χ0) is 31.2. The van der Waals surface area contributed by atoms with E-state index in [1.54, 1.807) is 102 Å². The predicted molar refractivity (Wildman–Crippen MR) is 166 cm³/mol. The SMILES string of the molecule is CC(C)OC(=O)Nc1ccc(-c2ncc(-c3ccc(NC(=O)OCc4cccnc4)cc3S(=O)(=O)NC(C)(C)C)s2)cc1. The van der Waals surface area contributed by atoms with E-state index in [-0.39, 0.29) is 23.3 Å². The maximum absolute atomic E-state index is 13.5. The fourth-order valence-corrected chi connectivity index (χ4v) is 6.55. The molecule has 2 heterocycles. The number of rotatable bonds is 9. The summed E-state index contributed by atoms with van der Waals surface area (Å²) in [6.07, 6.45) is 3.29. The average molecular weight is 624 g/mol. The van der Waals surface area contributed by atoms with E-state index in [0.29, 0.717) is 26.7 Å². The van der Waals surface area contributed by atoms with Gasteiger partial charge in [0.15, 0.2) is 0 Å². The van der Waals surface area contributed by atoms with Crippen LogP contribution in [0.15, 0.2) is 78.1 Å². The average Bonchev–Trinajstić information content (AvgIpc) is 3.41. The Kier molecular flexibility index (Phi) is 9.79. The fraction of sp³-hybridized carbons (Fsp3) is 0.267. The second-order valence-corrected chi connectivity index (χ2v) is 13.5. The number of hydrogen-bond acceptors (Lipinski definition) is 9. The van der Waals surface area contributed by atoms with Gasteiger partial charge in [0.05, 0.1) is 15.9 Å². The first-order valence-corrected chi connectivity index (χ1v) is 15.6. The Balaban J connectivity index is 1.58. The van der Waals surface area contributed by atoms with Crippen molar-refractivity contribution in [2.24, 2.45) is 0 Å². The number of thiazole rings is 1. The van der Waals surface area contributed by atoms with E-state index in [1.165, 1.54) is 17.4 Å². The molecule has 4 aromatic rings. The summed E-state index contributed by atoms with van der Waals surface area (Å²) in [6.45, 7) is 8.77. The van der Waals surface area contributed by atoms with Crippen LogP contribution in [0.2, 0.25) is 0 Å². The van der Waals surface area contributed by atoms with Gasteiger partial charge >= 0.3 is 12.2 Å². The van der Waals surface area contributed by atoms with Gasteiger partial charge < -0.3 is 9.47 Å². The quantitative estimate of drug-likeness (QED) is 0.188. The number of anilines is 2. The van der Waals surface area contributed by atoms with Gasteiger partial charge in [0.2, 0.25) is 10.0 Å². The molecule has 226 valence electrons. The third-order valence-electron chi connectivity index (χ3n) is 5.54. The first-order chi connectivity index (χ1) is 20.3. The fourth-order valence-electron chi connectivity index (χ4n) is 3.86. The van der Waals surface area contributed by atoms with Gasteiger partial charge in [-0.15, -0.1) is 11.3 Å². The van der Waals surface area contributed by atoms with E-state index >= 15 is 0 Å². The largest absolute Gasteiger partial charge is 0.447 e. The molecule has 0 fully saturated rings. The van der Waals surface area contributed by atoms with Crippen molar-refractivity contribution >= 4 is 44.9 Å². The first-order valence-electron chi connectivity index (χ1n) is 13.3. The molecule has 0 aliphatic rings. The van der Waals surface area contributed by atoms with Crippen molar-refractivity contribution in [1.29, 1.82) is 0 Å². The van der Waals surface area contributed by atoms with Crippen molar-refractivity contribution in [2.45, 2.75) is 57.8 Å². The van der Waals surface area contributed by atoms with Gasteiger partial charge in [-0.25, -0.2) is 27.7 Å². The second kappa shape index (κ2) is 13.3. The molecule has 0 spiro atoms. The Labute approximate surface area is 254 Å². The molecule has 4 rings (SSSR count). The highest BCUT2D eigenvalue weighted by molar-refractivity contribution is 7.89. The standard InChI is InChI=1S/C30H33N5O6S2/c1-19(2)41-29(37)33-22-10-8-21(9-11-22)27-32-17-25(42-27)24-13-12-23(15-26(24)43(38,39)35-30(3,4)5)34-28(36)40-18-20-7-6-14-31-16-20/h6-17,19,35H,18H2,1-5H3,(H,33,37)(H,34,36). The third-order valence-corrected chi connectivity index (χ3v) is 8.42. The molecule has 3 N–H and O–H groups in total. The normalized spacial score (nSPS) is 11.7. The molecule has 11 nitrogen and oxygen atoms in total. The number of amides is 2. The van der Waals surface area contributed by atoms with Gasteiger partial charge in [0.1, 0.15) is 11.6 Å². The van der Waals surface area contributed by atoms with Crippen molar-refractivity contribution in [3.8, 4) is 21.0 Å². The summed E-state index contributed by atoms with van der Waals surface area (Å²) in [7, 11) is -4.02. The van der Waals surface area contributed by atoms with Crippen LogP contribution >= 0.6 is 11.3 Å². The minimum atomic E-state index is -4.02. The Morgan fingerprint density at radius 2 is 1.65 bits per heavy atom. The Morgan fingerprint density at radius 3 is 2.30 bits per heavy atom. The summed E-state index contributed by atoms with van der Waals surface area (Å²) in [4.78, 5) is 33.4. The summed E-state index contributed by atoms with van der Waals surface area (Å²) in [5.74, 6) is 0. The summed E-state index contributed by atoms with van der Waals surface area (Å²) in [5.41, 5.74) is 1.98. The van der Waals surface area contributed by atoms with Crippen LogP contribution in [0.1, 0.15) is 40.2 Å². The van der Waals surface area contributed by atoms with E-state index in [2.05, 4.69) is 25.3 Å². The smallest absolute Gasteiger partial charge is 0.411 e. The molecule has 0 aliphatic heterocycles. The summed E-state index contributed by atoms with van der Waals surface area (Å²) >= 11 is 1.31. The van der Waals surface area contributed by atoms with Crippen LogP contribution in [-0.2, 0) is 26.1 Å². The molecule has 2 aromatic carbocycles. The van der Waals surface area contributed by atoms with E-state index < -0.39 is 27.7 Å². The number of carbonyl (C=O) groups is 2. The molecule has 0 aliphatic carbocycles. The lowest BCUT2D eigenvalue weighted by Gasteiger charge is -2.22. The maximum Gasteiger partial charge on any atom is 0.411 e. The molecule has 0 saturated heterocycles. The molecular weight excluding hydrogens is 590 g/mol. The zero-order valence-corrected chi connectivity index (χ0v) is 26.0. The number of sulfonamides is 1. The molecule has 43 heavy (non-hydrogen) atoms. The minimum absolute atomic E-state index is 0.0111. The monoisotopic (exact) mass is 623 g/mol. The molecule has 0 unspecified atom stereocenters. The number of ether oxygens (including phenoxy) is 2. The molecule has 0 bridgehead atoms. The molecule has 2 amide bonds. The van der Waals surface area contributed by atoms with Crippen molar-refractivity contribution in [3.05, 3.63) is 78.8 Å². The third kappa shape index (κ3) is 9.08. The van der Waals surface area contributed by atoms with Gasteiger partial charge in [-0.3, -0.25) is 15.6 Å². The van der Waals surface area contributed by atoms with Crippen molar-refractivity contribution in [2.75, 3.05) is 10.6 Å². The number of hydrogen-bond donors (Lipinski definition) is 3. The summed E-state index contributed by atoms with van der Waals surface area (Å²) in [5, 5.41) is 5.92. The highest BCUT2D eigenvalue weighted by Gasteiger charge is 2.27. The Morgan fingerprint density at radius 1 is 0.953 bits per heavy atom. The highest BCUT2D eigenvalue weighted by Crippen LogP contribution is 2.37. The number of pyridine rings is 1. The lowest BCUT2D eigenvalue weighted by molar-refractivity contribution is 0.130. The summed E-state index contributed by atoms with van der Waals surface area (Å²) in [6, 6.07) is 15.2. The molecular formula is C30H33N5O6S2. The predicted octanol–water partition coefficient (Wildman–Crippen LogP) is 6.65. The highest BCUT2D eigenvalue weighted by atomic mass is 32.2. The van der Waals surface area contributed by atoms with E-state index in [4.69, 9.17) is 9.47 Å². The second-order valence-electron chi connectivity index (χ2n) is 10.8. The molecule has 0 saturated carbocycles. The number of nitrogens with zero attached hydrogens (tertiary/aromatic N) is 2. The van der Waals surface area contributed by atoms with Crippen molar-refractivity contribution < 1.29 is 27.5 Å². The lowest BCUT2D eigenvalue weighted by atomic mass is 10.1. The summed E-state index contributed by atoms with van der Waals surface area (Å²) < 4.78 is 40.1. The molecule has 0 atom stereocenters. The number of benzene rings is 2. The topological polar surface area (TPSA) is 149 Å². The van der Waals surface area contributed by atoms with Crippen molar-refractivity contribution in [1.82, 2.24) is 14.7 Å². The van der Waals surface area contributed by atoms with Crippen LogP contribution in [-0.4, -0.2) is 42.2 Å². The van der Waals surface area contributed by atoms with Crippen LogP contribution in [0.5, 0.6) is 0 Å². The van der Waals surface area contributed by atoms with Crippen molar-refractivity contribution in [3.63, 3.8) is 0 Å². The van der Waals surface area contributed by atoms with Gasteiger partial charge in [0.25, 0.3) is 0 Å². The van der Waals surface area contributed by atoms with Crippen LogP contribution in [0, 0.1) is 0 Å². The first kappa shape index (κ1) is 31.6. The van der Waals surface area contributed by atoms with E-state index in [0.717, 1.165) is 5.56 Å². The van der Waals surface area contributed by atoms with Crippen LogP contribution < -0.4 is 15.4 Å². The lowest BCUT2D eigenvalue weighted by Crippen LogP contribution is -2.40. The van der Waals surface area contributed by atoms with Gasteiger partial charge in [-0.05, 0) is 77.1 Å². The van der Waals surface area contributed by atoms with E-state index in [9.17, 15) is 18.0 Å². The molecule has 2 aromatic heterocycles. The number of aromatic nitrogens is 2. The van der Waals surface area contributed by atoms with Gasteiger partial charge in [-0.2, -0.15) is 0 Å². The maximum atomic E-state index is 13.5. The number of nitrogens with one attached hydrogen (secondary N) is 3. The zero-order valence-electron chi connectivity index (χ0n) is 24.4. The van der Waals surface area contributed by atoms with Crippen LogP contribution in [0.25, 0.3) is 21.0 Å².